The Labute approximate surface area is 46.3 Å². The van der Waals surface area contributed by atoms with Gasteiger partial charge in [0, 0.05) is 4.57 Å². The SMILES string of the molecule is N=C=S.O=[P+](O)O. The molecular weight excluding hydrogens is 137 g/mol. The van der Waals surface area contributed by atoms with Gasteiger partial charge in [-0.05, 0) is 12.2 Å². The van der Waals surface area contributed by atoms with Gasteiger partial charge in [-0.3, -0.25) is 0 Å². The molecule has 0 saturated carbocycles. The standard InChI is InChI=1S/CHNS.HO3P/c2-1-3;1-4(2)3/h2H;(H-,1,2,3)/p+1. The van der Waals surface area contributed by atoms with E-state index >= 15 is 0 Å². The van der Waals surface area contributed by atoms with E-state index in [2.05, 4.69) is 12.2 Å². The van der Waals surface area contributed by atoms with Crippen LogP contribution in [0.1, 0.15) is 0 Å². The number of nitrogens with one attached hydrogen (secondary N) is 1. The van der Waals surface area contributed by atoms with Crippen LogP contribution in [-0.4, -0.2) is 14.9 Å². The second kappa shape index (κ2) is 9.27. The third-order valence-electron chi connectivity index (χ3n) is 0. The molecule has 0 bridgehead atoms. The van der Waals surface area contributed by atoms with E-state index in [0.29, 0.717) is 0 Å². The van der Waals surface area contributed by atoms with Crippen LogP contribution >= 0.6 is 20.5 Å². The fraction of sp³-hybridized carbons (Fsp3) is 0. The summed E-state index contributed by atoms with van der Waals surface area (Å²) in [6, 6.07) is 0. The molecule has 4 nitrogen and oxygen atoms in total. The summed E-state index contributed by atoms with van der Waals surface area (Å²) in [5, 5.41) is 7.36. The molecule has 0 spiro atoms. The molecule has 0 aliphatic rings. The zero-order chi connectivity index (χ0) is 6.28. The van der Waals surface area contributed by atoms with Crippen molar-refractivity contribution in [2.24, 2.45) is 0 Å². The van der Waals surface area contributed by atoms with Crippen molar-refractivity contribution in [3.05, 3.63) is 0 Å². The van der Waals surface area contributed by atoms with Crippen molar-refractivity contribution in [2.75, 3.05) is 0 Å². The van der Waals surface area contributed by atoms with Gasteiger partial charge in [0.25, 0.3) is 0 Å². The molecule has 0 radical (unpaired) electrons. The quantitative estimate of drug-likeness (QED) is 0.256. The van der Waals surface area contributed by atoms with Gasteiger partial charge >= 0.3 is 8.25 Å². The Kier molecular flexibility index (Phi) is 13.2. The Morgan fingerprint density at radius 1 is 1.71 bits per heavy atom. The summed E-state index contributed by atoms with van der Waals surface area (Å²) < 4.78 is 8.70. The van der Waals surface area contributed by atoms with Crippen molar-refractivity contribution < 1.29 is 14.4 Å². The highest BCUT2D eigenvalue weighted by molar-refractivity contribution is 7.78. The average Bonchev–Trinajstić information content (AvgIpc) is 1.33. The maximum Gasteiger partial charge on any atom is 0.692 e. The molecule has 0 aromatic heterocycles. The second-order valence-corrected chi connectivity index (χ2v) is 1.06. The van der Waals surface area contributed by atoms with E-state index in [1.165, 1.54) is 0 Å². The van der Waals surface area contributed by atoms with E-state index in [1.54, 1.807) is 5.16 Å². The van der Waals surface area contributed by atoms with Gasteiger partial charge in [0.2, 0.25) is 0 Å². The largest absolute Gasteiger partial charge is 0.692 e. The number of rotatable bonds is 0. The van der Waals surface area contributed by atoms with Crippen molar-refractivity contribution in [1.29, 1.82) is 5.41 Å². The first kappa shape index (κ1) is 9.94. The van der Waals surface area contributed by atoms with Gasteiger partial charge in [-0.1, -0.05) is 0 Å². The van der Waals surface area contributed by atoms with Gasteiger partial charge in [-0.25, -0.2) is 5.41 Å². The molecule has 0 aromatic rings. The zero-order valence-corrected chi connectivity index (χ0v) is 4.87. The van der Waals surface area contributed by atoms with Crippen LogP contribution in [0.5, 0.6) is 0 Å². The van der Waals surface area contributed by atoms with Gasteiger partial charge in [0.1, 0.15) is 0 Å². The molecule has 0 aliphatic heterocycles. The summed E-state index contributed by atoms with van der Waals surface area (Å²) in [5.41, 5.74) is 0. The van der Waals surface area contributed by atoms with Crippen LogP contribution in [0, 0.1) is 5.41 Å². The Morgan fingerprint density at radius 3 is 1.71 bits per heavy atom. The molecule has 7 heavy (non-hydrogen) atoms. The first-order chi connectivity index (χ1) is 3.15. The topological polar surface area (TPSA) is 81.4 Å². The van der Waals surface area contributed by atoms with Gasteiger partial charge in [0.05, 0.1) is 5.16 Å². The van der Waals surface area contributed by atoms with Crippen LogP contribution in [0.25, 0.3) is 0 Å². The van der Waals surface area contributed by atoms with E-state index in [9.17, 15) is 0 Å². The number of isothiocyanates is 1. The Hall–Kier alpha value is -0.180. The normalized spacial score (nSPS) is 4.86. The minimum atomic E-state index is -2.87. The van der Waals surface area contributed by atoms with Crippen LogP contribution in [0.3, 0.4) is 0 Å². The maximum atomic E-state index is 8.70. The van der Waals surface area contributed by atoms with Crippen LogP contribution in [0.4, 0.5) is 0 Å². The fourth-order valence-electron chi connectivity index (χ4n) is 0. The van der Waals surface area contributed by atoms with Gasteiger partial charge in [-0.2, -0.15) is 0 Å². The lowest BCUT2D eigenvalue weighted by atomic mass is 11.8. The fourth-order valence-corrected chi connectivity index (χ4v) is 0. The third kappa shape index (κ3) is 2620. The Morgan fingerprint density at radius 2 is 1.71 bits per heavy atom. The predicted molar refractivity (Wildman–Crippen MR) is 27.4 cm³/mol. The molecular formula is CH3NO3PS+. The summed E-state index contributed by atoms with van der Waals surface area (Å²) >= 11 is 3.81. The molecule has 0 amide bonds. The molecule has 0 heterocycles. The predicted octanol–water partition coefficient (Wildman–Crippen LogP) is 0.296. The molecule has 40 valence electrons. The lowest BCUT2D eigenvalue weighted by Gasteiger charge is -1.34. The number of hydrogen-bond acceptors (Lipinski definition) is 3. The first-order valence-electron chi connectivity index (χ1n) is 1.04. The van der Waals surface area contributed by atoms with E-state index < -0.39 is 8.25 Å². The number of hydrogen-bond donors (Lipinski definition) is 3. The van der Waals surface area contributed by atoms with E-state index in [0.717, 1.165) is 0 Å². The third-order valence-corrected chi connectivity index (χ3v) is 0. The van der Waals surface area contributed by atoms with Crippen molar-refractivity contribution >= 4 is 25.6 Å². The minimum Gasteiger partial charge on any atom is -0.248 e. The molecule has 3 N–H and O–H groups in total. The molecule has 6 heteroatoms. The Bertz CT molecular complexity index is 82.9. The molecule has 0 unspecified atom stereocenters. The van der Waals surface area contributed by atoms with Crippen molar-refractivity contribution in [2.45, 2.75) is 0 Å². The zero-order valence-electron chi connectivity index (χ0n) is 3.16. The van der Waals surface area contributed by atoms with Gasteiger partial charge in [0.15, 0.2) is 0 Å². The summed E-state index contributed by atoms with van der Waals surface area (Å²) in [5.74, 6) is 0. The highest BCUT2D eigenvalue weighted by Crippen LogP contribution is 1.98. The first-order valence-corrected chi connectivity index (χ1v) is 2.61. The second-order valence-electron chi connectivity index (χ2n) is 0.355. The average molecular weight is 140 g/mol. The molecule has 0 fully saturated rings. The van der Waals surface area contributed by atoms with Gasteiger partial charge in [-0.15, -0.1) is 9.79 Å². The van der Waals surface area contributed by atoms with Crippen LogP contribution in [0.15, 0.2) is 0 Å². The molecule has 0 aliphatic carbocycles. The van der Waals surface area contributed by atoms with Crippen molar-refractivity contribution in [1.82, 2.24) is 0 Å². The monoisotopic (exact) mass is 140 g/mol. The lowest BCUT2D eigenvalue weighted by molar-refractivity contribution is 0.405. The molecule has 0 aromatic carbocycles. The van der Waals surface area contributed by atoms with E-state index in [4.69, 9.17) is 19.8 Å². The molecule has 0 rings (SSSR count). The minimum absolute atomic E-state index is 1.58. The summed E-state index contributed by atoms with van der Waals surface area (Å²) in [7, 11) is -2.87. The smallest absolute Gasteiger partial charge is 0.248 e. The van der Waals surface area contributed by atoms with Crippen LogP contribution < -0.4 is 0 Å². The van der Waals surface area contributed by atoms with Crippen molar-refractivity contribution in [3.63, 3.8) is 0 Å². The maximum absolute atomic E-state index is 8.70. The summed E-state index contributed by atoms with van der Waals surface area (Å²) in [6.07, 6.45) is 0. The van der Waals surface area contributed by atoms with Gasteiger partial charge < -0.3 is 0 Å². The van der Waals surface area contributed by atoms with Crippen molar-refractivity contribution in [3.8, 4) is 0 Å². The van der Waals surface area contributed by atoms with Crippen LogP contribution in [-0.2, 0) is 4.57 Å². The molecule has 0 atom stereocenters. The van der Waals surface area contributed by atoms with Crippen LogP contribution in [0.2, 0.25) is 0 Å². The van der Waals surface area contributed by atoms with E-state index in [-0.39, 0.29) is 0 Å². The lowest BCUT2D eigenvalue weighted by Crippen LogP contribution is -1.38. The highest BCUT2D eigenvalue weighted by atomic mass is 32.1. The van der Waals surface area contributed by atoms with E-state index in [1.807, 2.05) is 0 Å². The highest BCUT2D eigenvalue weighted by Gasteiger charge is 1.93. The molecule has 0 saturated heterocycles. The summed E-state index contributed by atoms with van der Waals surface area (Å²) in [4.78, 5) is 14.2. The Balaban J connectivity index is 0. The summed E-state index contributed by atoms with van der Waals surface area (Å²) in [6.45, 7) is 0. The number of thiocarbonyl (C=S) groups is 1.